The van der Waals surface area contributed by atoms with Gasteiger partial charge in [-0.3, -0.25) is 19.4 Å². The van der Waals surface area contributed by atoms with Gasteiger partial charge in [-0.1, -0.05) is 30.9 Å². The van der Waals surface area contributed by atoms with Gasteiger partial charge in [-0.15, -0.1) is 6.58 Å². The fraction of sp³-hybridized carbons (Fsp3) is 0.444. The minimum atomic E-state index is -1.23. The summed E-state index contributed by atoms with van der Waals surface area (Å²) < 4.78 is 5.47. The number of hydrogen-bond donors (Lipinski definition) is 6. The Morgan fingerprint density at radius 1 is 0.974 bits per heavy atom. The fourth-order valence-corrected chi connectivity index (χ4v) is 3.71. The van der Waals surface area contributed by atoms with Crippen LogP contribution in [0.2, 0.25) is 0 Å². The number of aliphatic imine (C=N–C) groups is 1. The molecule has 0 aliphatic carbocycles. The molecule has 0 aromatic heterocycles. The lowest BCUT2D eigenvalue weighted by Crippen LogP contribution is -2.56. The van der Waals surface area contributed by atoms with Crippen LogP contribution in [-0.2, 0) is 25.6 Å². The second-order valence-corrected chi connectivity index (χ2v) is 9.02. The maximum atomic E-state index is 13.3. The molecule has 1 rings (SSSR count). The molecule has 0 aliphatic heterocycles. The van der Waals surface area contributed by atoms with Crippen LogP contribution in [0.1, 0.15) is 45.1 Å². The molecule has 3 amide bonds. The highest BCUT2D eigenvalue weighted by molar-refractivity contribution is 5.93. The van der Waals surface area contributed by atoms with Gasteiger partial charge in [0.15, 0.2) is 5.96 Å². The second kappa shape index (κ2) is 17.2. The Hall–Kier alpha value is -4.35. The number of hydrogen-bond acceptors (Lipinski definition) is 6. The third-order valence-corrected chi connectivity index (χ3v) is 5.56. The van der Waals surface area contributed by atoms with E-state index >= 15 is 0 Å². The van der Waals surface area contributed by atoms with Crippen LogP contribution in [0.25, 0.3) is 0 Å². The molecular formula is C27H40N6O6. The highest BCUT2D eigenvalue weighted by Gasteiger charge is 2.29. The highest BCUT2D eigenvalue weighted by atomic mass is 16.5. The molecule has 0 aliphatic rings. The lowest BCUT2D eigenvalue weighted by atomic mass is 10.0. The van der Waals surface area contributed by atoms with E-state index in [1.54, 1.807) is 37.3 Å². The maximum absolute atomic E-state index is 13.3. The van der Waals surface area contributed by atoms with Crippen molar-refractivity contribution in [2.75, 3.05) is 6.61 Å². The van der Waals surface area contributed by atoms with Crippen LogP contribution in [0.3, 0.4) is 0 Å². The van der Waals surface area contributed by atoms with Gasteiger partial charge in [0.2, 0.25) is 17.7 Å². The van der Waals surface area contributed by atoms with E-state index in [0.717, 1.165) is 5.56 Å². The van der Waals surface area contributed by atoms with E-state index in [1.807, 2.05) is 0 Å². The molecule has 0 bridgehead atoms. The number of benzene rings is 1. The number of carboxylic acid groups (broad SMARTS) is 1. The van der Waals surface area contributed by atoms with Crippen LogP contribution >= 0.6 is 0 Å². The Morgan fingerprint density at radius 3 is 2.13 bits per heavy atom. The van der Waals surface area contributed by atoms with E-state index in [2.05, 4.69) is 34.1 Å². The Labute approximate surface area is 228 Å². The van der Waals surface area contributed by atoms with E-state index in [9.17, 15) is 24.3 Å². The van der Waals surface area contributed by atoms with Crippen molar-refractivity contribution >= 4 is 29.7 Å². The van der Waals surface area contributed by atoms with E-state index in [0.29, 0.717) is 25.2 Å². The number of amides is 3. The number of carboxylic acids is 1. The summed E-state index contributed by atoms with van der Waals surface area (Å²) >= 11 is 0. The number of ether oxygens (including phenoxy) is 1. The molecule has 0 saturated heterocycles. The molecule has 214 valence electrons. The number of nitrogens with zero attached hydrogens (tertiary/aromatic N) is 1. The zero-order valence-electron chi connectivity index (χ0n) is 22.5. The first-order valence-electron chi connectivity index (χ1n) is 12.6. The Morgan fingerprint density at radius 2 is 1.59 bits per heavy atom. The molecule has 1 aromatic carbocycles. The van der Waals surface area contributed by atoms with E-state index in [1.165, 1.54) is 13.0 Å². The number of carbonyl (C=O) groups is 4. The Kier molecular flexibility index (Phi) is 14.4. The van der Waals surface area contributed by atoms with Crippen molar-refractivity contribution in [3.05, 3.63) is 55.1 Å². The summed E-state index contributed by atoms with van der Waals surface area (Å²) in [6.07, 6.45) is 4.31. The molecular weight excluding hydrogens is 504 g/mol. The van der Waals surface area contributed by atoms with Gasteiger partial charge in [0.1, 0.15) is 30.5 Å². The van der Waals surface area contributed by atoms with Crippen LogP contribution in [0.15, 0.2) is 54.6 Å². The monoisotopic (exact) mass is 544 g/mol. The van der Waals surface area contributed by atoms with Crippen molar-refractivity contribution in [1.82, 2.24) is 16.0 Å². The minimum Gasteiger partial charge on any atom is -0.490 e. The van der Waals surface area contributed by atoms with E-state index in [4.69, 9.17) is 16.2 Å². The molecule has 12 nitrogen and oxygen atoms in total. The van der Waals surface area contributed by atoms with Crippen molar-refractivity contribution in [3.8, 4) is 5.75 Å². The zero-order valence-corrected chi connectivity index (χ0v) is 22.5. The Bertz CT molecular complexity index is 1020. The number of rotatable bonds is 18. The molecule has 8 N–H and O–H groups in total. The molecule has 0 saturated carbocycles. The number of aliphatic carboxylic acids is 1. The average Bonchev–Trinajstić information content (AvgIpc) is 2.86. The first kappa shape index (κ1) is 32.7. The van der Waals surface area contributed by atoms with Crippen LogP contribution in [0, 0.1) is 0 Å². The first-order chi connectivity index (χ1) is 18.5. The fourth-order valence-electron chi connectivity index (χ4n) is 3.71. The SMILES string of the molecule is C=CCOc1ccc(C[C@H](NC(C)=O)C(=O)N[C@@H](CCCC(C)N=C(N)N)C(=O)N[C@@H](CC=C)C(=O)O)cc1. The summed E-state index contributed by atoms with van der Waals surface area (Å²) in [5, 5.41) is 17.2. The summed E-state index contributed by atoms with van der Waals surface area (Å²) in [5.41, 5.74) is 11.6. The van der Waals surface area contributed by atoms with Crippen LogP contribution in [0.5, 0.6) is 5.75 Å². The molecule has 1 aromatic rings. The molecule has 12 heteroatoms. The largest absolute Gasteiger partial charge is 0.490 e. The molecule has 1 unspecified atom stereocenters. The van der Waals surface area contributed by atoms with Gasteiger partial charge < -0.3 is 37.3 Å². The van der Waals surface area contributed by atoms with Crippen molar-refractivity contribution in [2.24, 2.45) is 16.5 Å². The quantitative estimate of drug-likeness (QED) is 0.0884. The number of carbonyl (C=O) groups excluding carboxylic acids is 3. The number of nitrogens with one attached hydrogen (secondary N) is 3. The average molecular weight is 545 g/mol. The van der Waals surface area contributed by atoms with Gasteiger partial charge in [0.05, 0.1) is 6.04 Å². The predicted octanol–water partition coefficient (Wildman–Crippen LogP) is 0.761. The first-order valence-corrected chi connectivity index (χ1v) is 12.6. The zero-order chi connectivity index (χ0) is 29.4. The van der Waals surface area contributed by atoms with Gasteiger partial charge >= 0.3 is 5.97 Å². The molecule has 39 heavy (non-hydrogen) atoms. The van der Waals surface area contributed by atoms with E-state index in [-0.39, 0.29) is 31.3 Å². The summed E-state index contributed by atoms with van der Waals surface area (Å²) in [6, 6.07) is 3.53. The van der Waals surface area contributed by atoms with Crippen LogP contribution < -0.4 is 32.2 Å². The van der Waals surface area contributed by atoms with Gasteiger partial charge in [0.25, 0.3) is 0 Å². The minimum absolute atomic E-state index is 0.00426. The van der Waals surface area contributed by atoms with Gasteiger partial charge in [-0.2, -0.15) is 0 Å². The third kappa shape index (κ3) is 13.1. The van der Waals surface area contributed by atoms with Crippen LogP contribution in [-0.4, -0.2) is 65.5 Å². The summed E-state index contributed by atoms with van der Waals surface area (Å²) in [5.74, 6) is -2.35. The Balaban J connectivity index is 3.06. The van der Waals surface area contributed by atoms with Crippen molar-refractivity contribution in [2.45, 2.75) is 70.1 Å². The maximum Gasteiger partial charge on any atom is 0.326 e. The number of guanidine groups is 1. The predicted molar refractivity (Wildman–Crippen MR) is 149 cm³/mol. The van der Waals surface area contributed by atoms with Gasteiger partial charge in [-0.25, -0.2) is 4.79 Å². The molecule has 4 atom stereocenters. The van der Waals surface area contributed by atoms with Crippen molar-refractivity contribution < 1.29 is 29.0 Å². The summed E-state index contributed by atoms with van der Waals surface area (Å²) in [6.45, 7) is 10.6. The topological polar surface area (TPSA) is 198 Å². The molecule has 0 radical (unpaired) electrons. The number of nitrogens with two attached hydrogens (primary N) is 2. The van der Waals surface area contributed by atoms with Gasteiger partial charge in [-0.05, 0) is 50.3 Å². The second-order valence-electron chi connectivity index (χ2n) is 9.02. The van der Waals surface area contributed by atoms with Crippen molar-refractivity contribution in [3.63, 3.8) is 0 Å². The van der Waals surface area contributed by atoms with Gasteiger partial charge in [0, 0.05) is 13.3 Å². The van der Waals surface area contributed by atoms with Crippen molar-refractivity contribution in [1.29, 1.82) is 0 Å². The lowest BCUT2D eigenvalue weighted by Gasteiger charge is -2.24. The highest BCUT2D eigenvalue weighted by Crippen LogP contribution is 2.14. The summed E-state index contributed by atoms with van der Waals surface area (Å²) in [4.78, 5) is 53.8. The molecule has 0 fully saturated rings. The molecule has 0 heterocycles. The van der Waals surface area contributed by atoms with Crippen LogP contribution in [0.4, 0.5) is 0 Å². The normalized spacial score (nSPS) is 13.5. The smallest absolute Gasteiger partial charge is 0.326 e. The lowest BCUT2D eigenvalue weighted by molar-refractivity contribution is -0.142. The molecule has 0 spiro atoms. The summed E-state index contributed by atoms with van der Waals surface area (Å²) in [7, 11) is 0. The van der Waals surface area contributed by atoms with E-state index < -0.39 is 41.8 Å². The third-order valence-electron chi connectivity index (χ3n) is 5.56. The standard InChI is InChI=1S/C27H40N6O6/c1-5-8-22(26(37)38)33-24(35)21(10-7-9-17(3)30-27(28)29)32-25(36)23(31-18(4)34)16-19-11-13-20(14-12-19)39-15-6-2/h5-6,11-14,17,21-23H,1-2,7-10,15-16H2,3-4H3,(H,31,34)(H,32,36)(H,33,35)(H,37,38)(H4,28,29,30)/t17?,21-,22-,23-/m0/s1.